The summed E-state index contributed by atoms with van der Waals surface area (Å²) in [7, 11) is 1.08. The van der Waals surface area contributed by atoms with Gasteiger partial charge in [-0.1, -0.05) is 17.7 Å². The van der Waals surface area contributed by atoms with E-state index in [0.717, 1.165) is 17.9 Å². The largest absolute Gasteiger partial charge is 0.427 e. The van der Waals surface area contributed by atoms with Crippen molar-refractivity contribution in [1.29, 1.82) is 0 Å². The standard InChI is InChI=1S/C18H13ClF6N4O2/c1-28-14(10-7-26-29(9-3-4-9)15(30)13(10)27-28)16(31,18(23,24)25)8-2-5-11(12(19)6-8)17(20,21)22/h2,5-7,9,31H,3-4H2,1H3/t16-/m1/s1. The van der Waals surface area contributed by atoms with Crippen LogP contribution in [-0.4, -0.2) is 30.8 Å². The summed E-state index contributed by atoms with van der Waals surface area (Å²) in [4.78, 5) is 12.6. The fraction of sp³-hybridized carbons (Fsp3) is 0.389. The van der Waals surface area contributed by atoms with Gasteiger partial charge in [0.15, 0.2) is 5.52 Å². The van der Waals surface area contributed by atoms with E-state index >= 15 is 0 Å². The molecular weight excluding hydrogens is 454 g/mol. The Morgan fingerprint density at radius 1 is 1.16 bits per heavy atom. The summed E-state index contributed by atoms with van der Waals surface area (Å²) in [5.74, 6) is 0. The monoisotopic (exact) mass is 466 g/mol. The maximum atomic E-state index is 14.2. The molecule has 2 aromatic heterocycles. The molecule has 166 valence electrons. The Morgan fingerprint density at radius 2 is 1.81 bits per heavy atom. The van der Waals surface area contributed by atoms with E-state index in [1.165, 1.54) is 0 Å². The number of nitrogens with zero attached hydrogens (tertiary/aromatic N) is 4. The van der Waals surface area contributed by atoms with Gasteiger partial charge in [0.05, 0.1) is 33.9 Å². The molecule has 0 unspecified atom stereocenters. The fourth-order valence-electron chi connectivity index (χ4n) is 3.51. The van der Waals surface area contributed by atoms with Crippen LogP contribution in [-0.2, 0) is 18.8 Å². The minimum absolute atomic E-state index is 0.169. The first-order valence-corrected chi connectivity index (χ1v) is 9.26. The van der Waals surface area contributed by atoms with Gasteiger partial charge >= 0.3 is 12.4 Å². The average molecular weight is 467 g/mol. The Hall–Kier alpha value is -2.60. The summed E-state index contributed by atoms with van der Waals surface area (Å²) in [6.45, 7) is 0. The third kappa shape index (κ3) is 3.28. The Labute approximate surface area is 174 Å². The molecule has 1 fully saturated rings. The molecule has 1 atom stereocenters. The quantitative estimate of drug-likeness (QED) is 0.594. The molecule has 1 aliphatic rings. The topological polar surface area (TPSA) is 72.9 Å². The molecule has 2 heterocycles. The van der Waals surface area contributed by atoms with Gasteiger partial charge in [0, 0.05) is 12.6 Å². The highest BCUT2D eigenvalue weighted by Gasteiger charge is 2.59. The number of fused-ring (bicyclic) bond motifs is 1. The molecule has 4 rings (SSSR count). The zero-order valence-corrected chi connectivity index (χ0v) is 16.3. The SMILES string of the molecule is Cn1nc2c(=O)n(C3CC3)ncc2c1[C@](O)(c1ccc(C(F)(F)F)c(Cl)c1)C(F)(F)F. The second-order valence-electron chi connectivity index (χ2n) is 7.26. The van der Waals surface area contributed by atoms with Gasteiger partial charge in [-0.05, 0) is 25.0 Å². The zero-order chi connectivity index (χ0) is 22.9. The van der Waals surface area contributed by atoms with Crippen molar-refractivity contribution in [1.82, 2.24) is 19.6 Å². The van der Waals surface area contributed by atoms with E-state index in [9.17, 15) is 36.2 Å². The van der Waals surface area contributed by atoms with Gasteiger partial charge in [-0.2, -0.15) is 36.5 Å². The van der Waals surface area contributed by atoms with Crippen molar-refractivity contribution >= 4 is 22.5 Å². The van der Waals surface area contributed by atoms with Crippen LogP contribution in [0, 0.1) is 0 Å². The van der Waals surface area contributed by atoms with E-state index in [4.69, 9.17) is 11.6 Å². The van der Waals surface area contributed by atoms with Crippen molar-refractivity contribution in [3.05, 3.63) is 56.6 Å². The highest BCUT2D eigenvalue weighted by Crippen LogP contribution is 2.47. The number of hydrogen-bond donors (Lipinski definition) is 1. The van der Waals surface area contributed by atoms with Crippen LogP contribution < -0.4 is 5.56 Å². The number of halogens is 7. The maximum Gasteiger partial charge on any atom is 0.427 e. The van der Waals surface area contributed by atoms with Crippen molar-refractivity contribution < 1.29 is 31.4 Å². The van der Waals surface area contributed by atoms with E-state index < -0.39 is 45.4 Å². The van der Waals surface area contributed by atoms with Gasteiger partial charge < -0.3 is 5.11 Å². The minimum Gasteiger partial charge on any atom is -0.371 e. The van der Waals surface area contributed by atoms with Gasteiger partial charge in [-0.3, -0.25) is 9.48 Å². The molecule has 0 aliphatic heterocycles. The number of rotatable bonds is 3. The molecule has 0 radical (unpaired) electrons. The Balaban J connectivity index is 1.99. The molecule has 31 heavy (non-hydrogen) atoms. The van der Waals surface area contributed by atoms with Crippen LogP contribution in [0.25, 0.3) is 10.9 Å². The molecular formula is C18H13ClF6N4O2. The summed E-state index contributed by atoms with van der Waals surface area (Å²) in [6, 6.07) is 1.07. The van der Waals surface area contributed by atoms with Gasteiger partial charge in [-0.25, -0.2) is 4.68 Å². The van der Waals surface area contributed by atoms with Crippen molar-refractivity contribution in [3.8, 4) is 0 Å². The highest BCUT2D eigenvalue weighted by atomic mass is 35.5. The number of aryl methyl sites for hydroxylation is 1. The van der Waals surface area contributed by atoms with Gasteiger partial charge in [-0.15, -0.1) is 0 Å². The zero-order valence-electron chi connectivity index (χ0n) is 15.6. The highest BCUT2D eigenvalue weighted by molar-refractivity contribution is 6.31. The van der Waals surface area contributed by atoms with Crippen LogP contribution in [0.2, 0.25) is 5.02 Å². The molecule has 1 saturated carbocycles. The molecule has 1 N–H and O–H groups in total. The third-order valence-electron chi connectivity index (χ3n) is 5.14. The first-order chi connectivity index (χ1) is 14.3. The summed E-state index contributed by atoms with van der Waals surface area (Å²) < 4.78 is 83.3. The molecule has 3 aromatic rings. The summed E-state index contributed by atoms with van der Waals surface area (Å²) >= 11 is 5.59. The van der Waals surface area contributed by atoms with E-state index in [1.54, 1.807) is 0 Å². The number of benzene rings is 1. The number of aromatic nitrogens is 4. The van der Waals surface area contributed by atoms with Crippen molar-refractivity contribution in [3.63, 3.8) is 0 Å². The molecule has 13 heteroatoms. The van der Waals surface area contributed by atoms with Gasteiger partial charge in [0.25, 0.3) is 5.56 Å². The molecule has 1 aliphatic carbocycles. The predicted octanol–water partition coefficient (Wildman–Crippen LogP) is 3.94. The van der Waals surface area contributed by atoms with Crippen LogP contribution in [0.3, 0.4) is 0 Å². The third-order valence-corrected chi connectivity index (χ3v) is 5.46. The molecule has 0 amide bonds. The lowest BCUT2D eigenvalue weighted by Crippen LogP contribution is -2.45. The van der Waals surface area contributed by atoms with E-state index in [-0.39, 0.29) is 16.9 Å². The van der Waals surface area contributed by atoms with E-state index in [0.29, 0.717) is 35.7 Å². The molecule has 0 saturated heterocycles. The van der Waals surface area contributed by atoms with Crippen LogP contribution >= 0.6 is 11.6 Å². The number of alkyl halides is 6. The lowest BCUT2D eigenvalue weighted by atomic mass is 9.87. The Kier molecular flexibility index (Phi) is 4.67. The average Bonchev–Trinajstić information content (AvgIpc) is 3.41. The van der Waals surface area contributed by atoms with Crippen molar-refractivity contribution in [2.75, 3.05) is 0 Å². The predicted molar refractivity (Wildman–Crippen MR) is 96.5 cm³/mol. The van der Waals surface area contributed by atoms with Crippen LogP contribution in [0.4, 0.5) is 26.3 Å². The molecule has 6 nitrogen and oxygen atoms in total. The van der Waals surface area contributed by atoms with E-state index in [1.807, 2.05) is 0 Å². The fourth-order valence-corrected chi connectivity index (χ4v) is 3.80. The summed E-state index contributed by atoms with van der Waals surface area (Å²) in [5.41, 5.74) is -8.07. The van der Waals surface area contributed by atoms with Crippen LogP contribution in [0.15, 0.2) is 29.2 Å². The normalized spacial score (nSPS) is 17.2. The Morgan fingerprint density at radius 3 is 2.32 bits per heavy atom. The first kappa shape index (κ1) is 21.6. The van der Waals surface area contributed by atoms with Gasteiger partial charge in [0.2, 0.25) is 5.60 Å². The number of hydrogen-bond acceptors (Lipinski definition) is 4. The summed E-state index contributed by atoms with van der Waals surface area (Å²) in [5, 5.41) is 17.2. The van der Waals surface area contributed by atoms with Crippen LogP contribution in [0.5, 0.6) is 0 Å². The molecule has 0 bridgehead atoms. The van der Waals surface area contributed by atoms with E-state index in [2.05, 4.69) is 10.2 Å². The van der Waals surface area contributed by atoms with Crippen molar-refractivity contribution in [2.45, 2.75) is 36.8 Å². The second-order valence-corrected chi connectivity index (χ2v) is 7.67. The minimum atomic E-state index is -5.40. The Bertz CT molecular complexity index is 1240. The first-order valence-electron chi connectivity index (χ1n) is 8.88. The lowest BCUT2D eigenvalue weighted by molar-refractivity contribution is -0.250. The maximum absolute atomic E-state index is 14.2. The summed E-state index contributed by atoms with van der Waals surface area (Å²) in [6.07, 6.45) is -7.94. The smallest absolute Gasteiger partial charge is 0.371 e. The lowest BCUT2D eigenvalue weighted by Gasteiger charge is -2.31. The number of aliphatic hydroxyl groups is 1. The van der Waals surface area contributed by atoms with Gasteiger partial charge in [0.1, 0.15) is 0 Å². The molecule has 0 spiro atoms. The second kappa shape index (κ2) is 6.70. The molecule has 1 aromatic carbocycles. The van der Waals surface area contributed by atoms with Crippen molar-refractivity contribution in [2.24, 2.45) is 7.05 Å². The van der Waals surface area contributed by atoms with Crippen LogP contribution in [0.1, 0.15) is 35.7 Å².